The summed E-state index contributed by atoms with van der Waals surface area (Å²) in [6, 6.07) is 3.15. The monoisotopic (exact) mass is 365 g/mol. The highest BCUT2D eigenvalue weighted by Gasteiger charge is 2.43. The van der Waals surface area contributed by atoms with Gasteiger partial charge in [-0.05, 0) is 24.8 Å². The molecule has 1 saturated carbocycles. The number of methoxy groups -OCH3 is 2. The maximum atomic E-state index is 14.9. The van der Waals surface area contributed by atoms with E-state index in [1.54, 1.807) is 12.1 Å². The number of carbonyl (C=O) groups is 2. The number of ether oxygens (including phenoxy) is 2. The van der Waals surface area contributed by atoms with Gasteiger partial charge >= 0.3 is 0 Å². The molecule has 0 atom stereocenters. The van der Waals surface area contributed by atoms with Gasteiger partial charge in [0.1, 0.15) is 5.56 Å². The summed E-state index contributed by atoms with van der Waals surface area (Å²) in [5.41, 5.74) is -1.62. The lowest BCUT2D eigenvalue weighted by molar-refractivity contribution is -0.135. The molecule has 0 aromatic carbocycles. The van der Waals surface area contributed by atoms with Gasteiger partial charge in [-0.2, -0.15) is 4.98 Å². The van der Waals surface area contributed by atoms with Gasteiger partial charge in [-0.25, -0.2) is 4.39 Å². The molecule has 1 N–H and O–H groups in total. The smallest absolute Gasteiger partial charge is 0.259 e. The van der Waals surface area contributed by atoms with Crippen molar-refractivity contribution >= 4 is 11.8 Å². The molecule has 0 radical (unpaired) electrons. The van der Waals surface area contributed by atoms with Crippen molar-refractivity contribution in [3.63, 3.8) is 0 Å². The van der Waals surface area contributed by atoms with Crippen LogP contribution in [0.5, 0.6) is 11.8 Å². The lowest BCUT2D eigenvalue weighted by atomic mass is 9.92. The Balaban J connectivity index is 1.61. The highest BCUT2D eigenvalue weighted by atomic mass is 19.1. The van der Waals surface area contributed by atoms with E-state index in [0.29, 0.717) is 18.3 Å². The number of piperidine rings is 1. The van der Waals surface area contributed by atoms with Gasteiger partial charge in [-0.3, -0.25) is 9.59 Å². The van der Waals surface area contributed by atoms with Gasteiger partial charge in [0.15, 0.2) is 5.67 Å². The standard InChI is InChI=1S/C18H24FN3O4/c1-25-14-6-5-13(15(21-14)26-2)16(23)22-9-7-18(19,8-10-22)17(24)20-11-12-3-4-12/h5-6,12H,3-4,7-11H2,1-2H3,(H,20,24). The Bertz CT molecular complexity index is 685. The fourth-order valence-electron chi connectivity index (χ4n) is 3.03. The number of pyridine rings is 1. The summed E-state index contributed by atoms with van der Waals surface area (Å²) in [6.07, 6.45) is 2.17. The molecule has 7 nitrogen and oxygen atoms in total. The van der Waals surface area contributed by atoms with Crippen LogP contribution in [0.25, 0.3) is 0 Å². The summed E-state index contributed by atoms with van der Waals surface area (Å²) in [6.45, 7) is 0.880. The molecule has 26 heavy (non-hydrogen) atoms. The van der Waals surface area contributed by atoms with Gasteiger partial charge in [-0.1, -0.05) is 0 Å². The minimum atomic E-state index is -1.91. The Kier molecular flexibility index (Phi) is 5.29. The number of amides is 2. The van der Waals surface area contributed by atoms with Crippen molar-refractivity contribution in [3.05, 3.63) is 17.7 Å². The second-order valence-corrected chi connectivity index (χ2v) is 6.82. The molecular weight excluding hydrogens is 341 g/mol. The van der Waals surface area contributed by atoms with E-state index in [1.165, 1.54) is 19.1 Å². The maximum Gasteiger partial charge on any atom is 0.259 e. The molecule has 1 aliphatic carbocycles. The molecular formula is C18H24FN3O4. The summed E-state index contributed by atoms with van der Waals surface area (Å²) < 4.78 is 25.1. The van der Waals surface area contributed by atoms with Crippen molar-refractivity contribution < 1.29 is 23.5 Å². The average molecular weight is 365 g/mol. The van der Waals surface area contributed by atoms with Gasteiger partial charge in [0.05, 0.1) is 14.2 Å². The third-order valence-corrected chi connectivity index (χ3v) is 4.97. The molecule has 3 rings (SSSR count). The van der Waals surface area contributed by atoms with Crippen molar-refractivity contribution in [2.24, 2.45) is 5.92 Å². The summed E-state index contributed by atoms with van der Waals surface area (Å²) in [5, 5.41) is 2.70. The van der Waals surface area contributed by atoms with Gasteiger partial charge in [0, 0.05) is 38.5 Å². The molecule has 2 amide bonds. The molecule has 1 aliphatic heterocycles. The van der Waals surface area contributed by atoms with Gasteiger partial charge in [-0.15, -0.1) is 0 Å². The average Bonchev–Trinajstić information content (AvgIpc) is 3.50. The van der Waals surface area contributed by atoms with Crippen LogP contribution < -0.4 is 14.8 Å². The Labute approximate surface area is 151 Å². The Morgan fingerprint density at radius 1 is 1.27 bits per heavy atom. The van der Waals surface area contributed by atoms with Crippen LogP contribution in [0.15, 0.2) is 12.1 Å². The van der Waals surface area contributed by atoms with E-state index in [1.807, 2.05) is 0 Å². The number of nitrogens with one attached hydrogen (secondary N) is 1. The minimum absolute atomic E-state index is 0.0128. The lowest BCUT2D eigenvalue weighted by Crippen LogP contribution is -2.52. The molecule has 1 aromatic heterocycles. The van der Waals surface area contributed by atoms with Crippen LogP contribution in [-0.4, -0.2) is 61.2 Å². The topological polar surface area (TPSA) is 80.8 Å². The molecule has 0 unspecified atom stereocenters. The highest BCUT2D eigenvalue weighted by Crippen LogP contribution is 2.31. The van der Waals surface area contributed by atoms with E-state index in [-0.39, 0.29) is 43.3 Å². The lowest BCUT2D eigenvalue weighted by Gasteiger charge is -2.35. The third kappa shape index (κ3) is 3.89. The van der Waals surface area contributed by atoms with Crippen molar-refractivity contribution in [3.8, 4) is 11.8 Å². The number of carbonyl (C=O) groups excluding carboxylic acids is 2. The number of hydrogen-bond donors (Lipinski definition) is 1. The predicted molar refractivity (Wildman–Crippen MR) is 92.1 cm³/mol. The van der Waals surface area contributed by atoms with Gasteiger partial charge in [0.2, 0.25) is 11.8 Å². The molecule has 0 bridgehead atoms. The van der Waals surface area contributed by atoms with Crippen LogP contribution in [0.4, 0.5) is 4.39 Å². The van der Waals surface area contributed by atoms with Crippen LogP contribution in [-0.2, 0) is 4.79 Å². The zero-order valence-electron chi connectivity index (χ0n) is 15.1. The molecule has 2 heterocycles. The Morgan fingerprint density at radius 3 is 2.54 bits per heavy atom. The van der Waals surface area contributed by atoms with Gasteiger partial charge in [0.25, 0.3) is 11.8 Å². The zero-order chi connectivity index (χ0) is 18.7. The summed E-state index contributed by atoms with van der Waals surface area (Å²) in [5.74, 6) is 0.151. The van der Waals surface area contributed by atoms with Crippen molar-refractivity contribution in [2.45, 2.75) is 31.4 Å². The molecule has 0 spiro atoms. The molecule has 2 aliphatic rings. The second-order valence-electron chi connectivity index (χ2n) is 6.82. The second kappa shape index (κ2) is 7.47. The molecule has 1 aromatic rings. The largest absolute Gasteiger partial charge is 0.481 e. The third-order valence-electron chi connectivity index (χ3n) is 4.97. The van der Waals surface area contributed by atoms with Crippen LogP contribution in [0.2, 0.25) is 0 Å². The van der Waals surface area contributed by atoms with E-state index >= 15 is 0 Å². The number of nitrogens with zero attached hydrogens (tertiary/aromatic N) is 2. The van der Waals surface area contributed by atoms with Crippen molar-refractivity contribution in [1.82, 2.24) is 15.2 Å². The van der Waals surface area contributed by atoms with E-state index < -0.39 is 11.6 Å². The number of alkyl halides is 1. The Hall–Kier alpha value is -2.38. The first-order valence-electron chi connectivity index (χ1n) is 8.82. The number of aromatic nitrogens is 1. The first-order chi connectivity index (χ1) is 12.5. The number of halogens is 1. The summed E-state index contributed by atoms with van der Waals surface area (Å²) >= 11 is 0. The van der Waals surface area contributed by atoms with Crippen LogP contribution in [0, 0.1) is 5.92 Å². The highest BCUT2D eigenvalue weighted by molar-refractivity contribution is 5.96. The van der Waals surface area contributed by atoms with E-state index in [4.69, 9.17) is 9.47 Å². The first kappa shape index (κ1) is 18.4. The first-order valence-corrected chi connectivity index (χ1v) is 8.82. The van der Waals surface area contributed by atoms with Crippen LogP contribution in [0.3, 0.4) is 0 Å². The number of likely N-dealkylation sites (tertiary alicyclic amines) is 1. The Morgan fingerprint density at radius 2 is 1.96 bits per heavy atom. The summed E-state index contributed by atoms with van der Waals surface area (Å²) in [4.78, 5) is 30.5. The molecule has 1 saturated heterocycles. The normalized spacial score (nSPS) is 19.0. The molecule has 142 valence electrons. The maximum absolute atomic E-state index is 14.9. The van der Waals surface area contributed by atoms with Crippen LogP contribution in [0.1, 0.15) is 36.0 Å². The van der Waals surface area contributed by atoms with Crippen LogP contribution >= 0.6 is 0 Å². The van der Waals surface area contributed by atoms with Crippen molar-refractivity contribution in [1.29, 1.82) is 0 Å². The predicted octanol–water partition coefficient (Wildman–Crippen LogP) is 1.57. The van der Waals surface area contributed by atoms with Crippen molar-refractivity contribution in [2.75, 3.05) is 33.9 Å². The number of hydrogen-bond acceptors (Lipinski definition) is 5. The minimum Gasteiger partial charge on any atom is -0.481 e. The molecule has 2 fully saturated rings. The molecule has 8 heteroatoms. The van der Waals surface area contributed by atoms with Gasteiger partial charge < -0.3 is 19.7 Å². The van der Waals surface area contributed by atoms with E-state index in [9.17, 15) is 14.0 Å². The fourth-order valence-corrected chi connectivity index (χ4v) is 3.03. The fraction of sp³-hybridized carbons (Fsp3) is 0.611. The quantitative estimate of drug-likeness (QED) is 0.828. The SMILES string of the molecule is COc1ccc(C(=O)N2CCC(F)(C(=O)NCC3CC3)CC2)c(OC)n1. The van der Waals surface area contributed by atoms with E-state index in [2.05, 4.69) is 10.3 Å². The van der Waals surface area contributed by atoms with E-state index in [0.717, 1.165) is 12.8 Å². The zero-order valence-corrected chi connectivity index (χ0v) is 15.1. The number of rotatable bonds is 6. The summed E-state index contributed by atoms with van der Waals surface area (Å²) in [7, 11) is 2.90.